The van der Waals surface area contributed by atoms with Crippen molar-refractivity contribution in [1.29, 1.82) is 0 Å². The molecule has 0 radical (unpaired) electrons. The molecule has 1 N–H and O–H groups in total. The molecule has 1 aliphatic rings. The molecule has 150 valence electrons. The Morgan fingerprint density at radius 1 is 1.21 bits per heavy atom. The van der Waals surface area contributed by atoms with Crippen molar-refractivity contribution in [3.8, 4) is 5.88 Å². The van der Waals surface area contributed by atoms with Gasteiger partial charge in [-0.25, -0.2) is 9.78 Å². The van der Waals surface area contributed by atoms with Crippen molar-refractivity contribution < 1.29 is 9.53 Å². The van der Waals surface area contributed by atoms with Crippen molar-refractivity contribution in [2.45, 2.75) is 45.9 Å². The molecule has 2 amide bonds. The van der Waals surface area contributed by atoms with E-state index in [1.165, 1.54) is 24.1 Å². The quantitative estimate of drug-likeness (QED) is 0.791. The van der Waals surface area contributed by atoms with Crippen molar-refractivity contribution in [3.63, 3.8) is 0 Å². The molecule has 1 fully saturated rings. The lowest BCUT2D eigenvalue weighted by molar-refractivity contribution is 0.206. The van der Waals surface area contributed by atoms with Crippen molar-refractivity contribution in [1.82, 2.24) is 15.2 Å². The van der Waals surface area contributed by atoms with E-state index in [1.807, 2.05) is 39.1 Å². The predicted octanol–water partition coefficient (Wildman–Crippen LogP) is 3.81. The number of aromatic nitrogens is 1. The molecule has 6 nitrogen and oxygen atoms in total. The number of nitrogens with one attached hydrogen (secondary N) is 1. The lowest BCUT2D eigenvalue weighted by atomic mass is 10.1. The number of anilines is 1. The van der Waals surface area contributed by atoms with Gasteiger partial charge in [0, 0.05) is 51.2 Å². The van der Waals surface area contributed by atoms with Crippen LogP contribution >= 0.6 is 0 Å². The van der Waals surface area contributed by atoms with Crippen LogP contribution in [-0.4, -0.2) is 42.2 Å². The first-order chi connectivity index (χ1) is 13.5. The minimum atomic E-state index is -0.0984. The zero-order valence-electron chi connectivity index (χ0n) is 17.0. The van der Waals surface area contributed by atoms with E-state index >= 15 is 0 Å². The molecule has 0 spiro atoms. The van der Waals surface area contributed by atoms with Crippen LogP contribution in [0.2, 0.25) is 0 Å². The van der Waals surface area contributed by atoms with E-state index in [0.29, 0.717) is 19.0 Å². The number of para-hydroxylation sites is 1. The fraction of sp³-hybridized carbons (Fsp3) is 0.455. The van der Waals surface area contributed by atoms with Gasteiger partial charge in [0.05, 0.1) is 6.10 Å². The Labute approximate surface area is 167 Å². The smallest absolute Gasteiger partial charge is 0.317 e. The highest BCUT2D eigenvalue weighted by Crippen LogP contribution is 2.25. The minimum Gasteiger partial charge on any atom is -0.475 e. The van der Waals surface area contributed by atoms with Gasteiger partial charge < -0.3 is 19.9 Å². The summed E-state index contributed by atoms with van der Waals surface area (Å²) in [5.41, 5.74) is 3.36. The molecule has 2 aromatic rings. The van der Waals surface area contributed by atoms with Crippen LogP contribution in [0, 0.1) is 0 Å². The number of hydrogen-bond acceptors (Lipinski definition) is 4. The number of rotatable bonds is 7. The zero-order chi connectivity index (χ0) is 19.9. The number of ether oxygens (including phenoxy) is 1. The van der Waals surface area contributed by atoms with Crippen molar-refractivity contribution in [3.05, 3.63) is 53.7 Å². The summed E-state index contributed by atoms with van der Waals surface area (Å²) in [7, 11) is 1.83. The standard InChI is InChI=1S/C22H30N4O2/c1-17(2)28-21-11-10-18(14-23-21)15-24-22(27)25(3)16-19-8-4-5-9-20(19)26-12-6-7-13-26/h4-5,8-11,14,17H,6-7,12-13,15-16H2,1-3H3,(H,24,27). The van der Waals surface area contributed by atoms with Crippen LogP contribution < -0.4 is 15.0 Å². The van der Waals surface area contributed by atoms with Crippen LogP contribution in [0.25, 0.3) is 0 Å². The van der Waals surface area contributed by atoms with Crippen molar-refractivity contribution in [2.75, 3.05) is 25.0 Å². The first-order valence-corrected chi connectivity index (χ1v) is 9.96. The first kappa shape index (κ1) is 20.0. The Hall–Kier alpha value is -2.76. The van der Waals surface area contributed by atoms with Crippen LogP contribution in [-0.2, 0) is 13.1 Å². The lowest BCUT2D eigenvalue weighted by Gasteiger charge is -2.24. The highest BCUT2D eigenvalue weighted by atomic mass is 16.5. The van der Waals surface area contributed by atoms with Crippen LogP contribution in [0.3, 0.4) is 0 Å². The number of carbonyl (C=O) groups excluding carboxylic acids is 1. The first-order valence-electron chi connectivity index (χ1n) is 9.96. The van der Waals surface area contributed by atoms with E-state index < -0.39 is 0 Å². The molecule has 1 aliphatic heterocycles. The average molecular weight is 383 g/mol. The van der Waals surface area contributed by atoms with Crippen molar-refractivity contribution in [2.24, 2.45) is 0 Å². The van der Waals surface area contributed by atoms with Gasteiger partial charge in [-0.3, -0.25) is 0 Å². The SMILES string of the molecule is CC(C)Oc1ccc(CNC(=O)N(C)Cc2ccccc2N2CCCC2)cn1. The molecule has 1 aromatic heterocycles. The van der Waals surface area contributed by atoms with E-state index in [-0.39, 0.29) is 12.1 Å². The fourth-order valence-electron chi connectivity index (χ4n) is 3.38. The van der Waals surface area contributed by atoms with Crippen LogP contribution in [0.15, 0.2) is 42.6 Å². The zero-order valence-corrected chi connectivity index (χ0v) is 17.0. The maximum Gasteiger partial charge on any atom is 0.317 e. The molecule has 0 unspecified atom stereocenters. The molecular formula is C22H30N4O2. The van der Waals surface area contributed by atoms with Gasteiger partial charge in [-0.1, -0.05) is 24.3 Å². The molecule has 1 aromatic carbocycles. The maximum absolute atomic E-state index is 12.5. The molecule has 1 saturated heterocycles. The summed E-state index contributed by atoms with van der Waals surface area (Å²) in [6.07, 6.45) is 4.30. The molecule has 0 aliphatic carbocycles. The summed E-state index contributed by atoms with van der Waals surface area (Å²) in [4.78, 5) is 20.9. The average Bonchev–Trinajstić information content (AvgIpc) is 3.21. The van der Waals surface area contributed by atoms with Gasteiger partial charge in [-0.15, -0.1) is 0 Å². The minimum absolute atomic E-state index is 0.0927. The Bertz CT molecular complexity index is 770. The summed E-state index contributed by atoms with van der Waals surface area (Å²) in [6.45, 7) is 7.14. The highest BCUT2D eigenvalue weighted by molar-refractivity contribution is 5.74. The molecule has 0 atom stereocenters. The Morgan fingerprint density at radius 3 is 2.64 bits per heavy atom. The van der Waals surface area contributed by atoms with E-state index in [9.17, 15) is 4.79 Å². The third kappa shape index (κ3) is 5.38. The molecular weight excluding hydrogens is 352 g/mol. The highest BCUT2D eigenvalue weighted by Gasteiger charge is 2.17. The summed E-state index contributed by atoms with van der Waals surface area (Å²) in [6, 6.07) is 12.0. The summed E-state index contributed by atoms with van der Waals surface area (Å²) in [5.74, 6) is 0.598. The van der Waals surface area contributed by atoms with Gasteiger partial charge in [0.1, 0.15) is 0 Å². The third-order valence-corrected chi connectivity index (χ3v) is 4.79. The molecule has 6 heteroatoms. The van der Waals surface area contributed by atoms with Gasteiger partial charge in [-0.05, 0) is 43.9 Å². The second-order valence-electron chi connectivity index (χ2n) is 7.51. The van der Waals surface area contributed by atoms with E-state index in [0.717, 1.165) is 18.7 Å². The molecule has 2 heterocycles. The van der Waals surface area contributed by atoms with Crippen LogP contribution in [0.4, 0.5) is 10.5 Å². The number of carbonyl (C=O) groups is 1. The van der Waals surface area contributed by atoms with Crippen LogP contribution in [0.5, 0.6) is 5.88 Å². The van der Waals surface area contributed by atoms with Gasteiger partial charge in [0.15, 0.2) is 0 Å². The van der Waals surface area contributed by atoms with Crippen LogP contribution in [0.1, 0.15) is 37.8 Å². The molecule has 0 bridgehead atoms. The summed E-state index contributed by atoms with van der Waals surface area (Å²) >= 11 is 0. The topological polar surface area (TPSA) is 57.7 Å². The summed E-state index contributed by atoms with van der Waals surface area (Å²) in [5, 5.41) is 2.96. The van der Waals surface area contributed by atoms with Gasteiger partial charge in [-0.2, -0.15) is 0 Å². The van der Waals surface area contributed by atoms with Gasteiger partial charge in [0.2, 0.25) is 5.88 Å². The Balaban J connectivity index is 1.54. The van der Waals surface area contributed by atoms with Gasteiger partial charge in [0.25, 0.3) is 0 Å². The normalized spacial score (nSPS) is 13.6. The molecule has 0 saturated carbocycles. The van der Waals surface area contributed by atoms with Gasteiger partial charge >= 0.3 is 6.03 Å². The lowest BCUT2D eigenvalue weighted by Crippen LogP contribution is -2.36. The monoisotopic (exact) mass is 382 g/mol. The fourth-order valence-corrected chi connectivity index (χ4v) is 3.38. The summed E-state index contributed by atoms with van der Waals surface area (Å²) < 4.78 is 5.54. The van der Waals surface area contributed by atoms with Crippen molar-refractivity contribution >= 4 is 11.7 Å². The largest absolute Gasteiger partial charge is 0.475 e. The number of hydrogen-bond donors (Lipinski definition) is 1. The number of benzene rings is 1. The van der Waals surface area contributed by atoms with E-state index in [4.69, 9.17) is 4.74 Å². The number of pyridine rings is 1. The molecule has 3 rings (SSSR count). The second kappa shape index (κ2) is 9.44. The number of urea groups is 1. The molecule has 28 heavy (non-hydrogen) atoms. The Kier molecular flexibility index (Phi) is 6.74. The third-order valence-electron chi connectivity index (χ3n) is 4.79. The van der Waals surface area contributed by atoms with E-state index in [1.54, 1.807) is 11.1 Å². The Morgan fingerprint density at radius 2 is 1.96 bits per heavy atom. The number of amides is 2. The number of nitrogens with zero attached hydrogens (tertiary/aromatic N) is 3. The van der Waals surface area contributed by atoms with E-state index in [2.05, 4.69) is 33.4 Å². The second-order valence-corrected chi connectivity index (χ2v) is 7.51. The predicted molar refractivity (Wildman–Crippen MR) is 112 cm³/mol. The maximum atomic E-state index is 12.5.